The third kappa shape index (κ3) is 8.71. The van der Waals surface area contributed by atoms with Gasteiger partial charge >= 0.3 is 0 Å². The monoisotopic (exact) mass is 512 g/mol. The highest BCUT2D eigenvalue weighted by molar-refractivity contribution is 8.00. The highest BCUT2D eigenvalue weighted by Crippen LogP contribution is 2.23. The third-order valence-electron chi connectivity index (χ3n) is 5.21. The minimum absolute atomic E-state index is 0.150. The van der Waals surface area contributed by atoms with Crippen LogP contribution in [0.3, 0.4) is 0 Å². The summed E-state index contributed by atoms with van der Waals surface area (Å²) in [5, 5.41) is 3.66. The van der Waals surface area contributed by atoms with E-state index in [1.54, 1.807) is 29.2 Å². The van der Waals surface area contributed by atoms with Crippen molar-refractivity contribution < 1.29 is 14.0 Å². The first-order valence-electron chi connectivity index (χ1n) is 11.4. The van der Waals surface area contributed by atoms with E-state index in [4.69, 9.17) is 11.6 Å². The molecule has 0 fully saturated rings. The van der Waals surface area contributed by atoms with Gasteiger partial charge in [-0.25, -0.2) is 4.39 Å². The van der Waals surface area contributed by atoms with Crippen molar-refractivity contribution in [2.75, 3.05) is 5.75 Å². The second-order valence-electron chi connectivity index (χ2n) is 9.34. The van der Waals surface area contributed by atoms with E-state index in [0.717, 1.165) is 16.0 Å². The van der Waals surface area contributed by atoms with Crippen LogP contribution in [0.15, 0.2) is 83.8 Å². The molecule has 0 radical (unpaired) electrons. The number of nitrogens with one attached hydrogen (secondary N) is 1. The first-order valence-corrected chi connectivity index (χ1v) is 12.8. The van der Waals surface area contributed by atoms with Crippen LogP contribution in [-0.4, -0.2) is 34.0 Å². The van der Waals surface area contributed by atoms with E-state index in [0.29, 0.717) is 11.4 Å². The molecule has 0 spiro atoms. The SMILES string of the molecule is CC(C)(C)NC(=O)[C@@H](Cc1ccccc1)N(Cc1ccc(F)cc1)C(=O)CSc1ccc(Cl)cc1. The highest BCUT2D eigenvalue weighted by atomic mass is 35.5. The van der Waals surface area contributed by atoms with E-state index >= 15 is 0 Å². The Morgan fingerprint density at radius 1 is 0.943 bits per heavy atom. The second kappa shape index (κ2) is 12.2. The number of rotatable bonds is 9. The number of nitrogens with zero attached hydrogens (tertiary/aromatic N) is 1. The van der Waals surface area contributed by atoms with Crippen molar-refractivity contribution in [2.45, 2.75) is 50.2 Å². The van der Waals surface area contributed by atoms with E-state index in [1.165, 1.54) is 23.9 Å². The molecule has 0 saturated carbocycles. The number of benzene rings is 3. The van der Waals surface area contributed by atoms with Gasteiger partial charge in [0.1, 0.15) is 11.9 Å². The average molecular weight is 513 g/mol. The molecular weight excluding hydrogens is 483 g/mol. The van der Waals surface area contributed by atoms with Crippen molar-refractivity contribution in [1.29, 1.82) is 0 Å². The molecule has 184 valence electrons. The molecule has 3 rings (SSSR count). The van der Waals surface area contributed by atoms with Gasteiger partial charge in [-0.05, 0) is 68.3 Å². The lowest BCUT2D eigenvalue weighted by atomic mass is 10.0. The summed E-state index contributed by atoms with van der Waals surface area (Å²) in [4.78, 5) is 29.6. The number of hydrogen-bond acceptors (Lipinski definition) is 3. The molecule has 0 aliphatic rings. The molecule has 35 heavy (non-hydrogen) atoms. The third-order valence-corrected chi connectivity index (χ3v) is 6.46. The Kier molecular flexibility index (Phi) is 9.35. The van der Waals surface area contributed by atoms with Gasteiger partial charge in [-0.2, -0.15) is 0 Å². The Balaban J connectivity index is 1.91. The molecule has 2 amide bonds. The average Bonchev–Trinajstić information content (AvgIpc) is 2.81. The predicted molar refractivity (Wildman–Crippen MR) is 141 cm³/mol. The molecule has 0 heterocycles. The van der Waals surface area contributed by atoms with Crippen LogP contribution in [0.25, 0.3) is 0 Å². The van der Waals surface area contributed by atoms with Crippen molar-refractivity contribution in [3.8, 4) is 0 Å². The van der Waals surface area contributed by atoms with Gasteiger partial charge in [0.15, 0.2) is 0 Å². The highest BCUT2D eigenvalue weighted by Gasteiger charge is 2.32. The molecule has 7 heteroatoms. The lowest BCUT2D eigenvalue weighted by Gasteiger charge is -2.34. The van der Waals surface area contributed by atoms with Crippen molar-refractivity contribution >= 4 is 35.2 Å². The molecule has 0 saturated heterocycles. The summed E-state index contributed by atoms with van der Waals surface area (Å²) in [6, 6.07) is 22.2. The summed E-state index contributed by atoms with van der Waals surface area (Å²) < 4.78 is 13.5. The number of carbonyl (C=O) groups is 2. The number of hydrogen-bond donors (Lipinski definition) is 1. The van der Waals surface area contributed by atoms with Crippen LogP contribution in [0, 0.1) is 5.82 Å². The fourth-order valence-electron chi connectivity index (χ4n) is 3.55. The summed E-state index contributed by atoms with van der Waals surface area (Å²) in [6.07, 6.45) is 0.362. The molecule has 1 N–H and O–H groups in total. The topological polar surface area (TPSA) is 49.4 Å². The molecule has 0 aliphatic carbocycles. The largest absolute Gasteiger partial charge is 0.350 e. The van der Waals surface area contributed by atoms with Gasteiger partial charge in [-0.1, -0.05) is 54.1 Å². The zero-order chi connectivity index (χ0) is 25.4. The van der Waals surface area contributed by atoms with Gasteiger partial charge < -0.3 is 10.2 Å². The maximum absolute atomic E-state index is 13.6. The van der Waals surface area contributed by atoms with Crippen LogP contribution >= 0.6 is 23.4 Å². The Labute approximate surface area is 215 Å². The van der Waals surface area contributed by atoms with Crippen LogP contribution in [-0.2, 0) is 22.6 Å². The number of amides is 2. The molecule has 3 aromatic carbocycles. The Hall–Kier alpha value is -2.83. The van der Waals surface area contributed by atoms with Crippen LogP contribution in [0.4, 0.5) is 4.39 Å². The first kappa shape index (κ1) is 26.8. The normalized spacial score (nSPS) is 12.1. The van der Waals surface area contributed by atoms with Crippen LogP contribution in [0.1, 0.15) is 31.9 Å². The van der Waals surface area contributed by atoms with Gasteiger partial charge in [-0.3, -0.25) is 9.59 Å². The number of carbonyl (C=O) groups excluding carboxylic acids is 2. The summed E-state index contributed by atoms with van der Waals surface area (Å²) in [5.41, 5.74) is 1.23. The Morgan fingerprint density at radius 2 is 1.57 bits per heavy atom. The number of thioether (sulfide) groups is 1. The molecule has 0 aromatic heterocycles. The van der Waals surface area contributed by atoms with Gasteiger partial charge in [-0.15, -0.1) is 11.8 Å². The van der Waals surface area contributed by atoms with Crippen LogP contribution in [0.5, 0.6) is 0 Å². The number of halogens is 2. The van der Waals surface area contributed by atoms with Crippen molar-refractivity contribution in [3.63, 3.8) is 0 Å². The van der Waals surface area contributed by atoms with E-state index in [-0.39, 0.29) is 29.9 Å². The van der Waals surface area contributed by atoms with E-state index in [1.807, 2.05) is 63.2 Å². The zero-order valence-electron chi connectivity index (χ0n) is 20.1. The van der Waals surface area contributed by atoms with Crippen molar-refractivity contribution in [3.05, 3.63) is 101 Å². The summed E-state index contributed by atoms with van der Waals surface area (Å²) in [5.74, 6) is -0.611. The van der Waals surface area contributed by atoms with Gasteiger partial charge in [0, 0.05) is 28.4 Å². The second-order valence-corrected chi connectivity index (χ2v) is 10.8. The standard InChI is InChI=1S/C28H30ClFN2O2S/c1-28(2,3)31-27(34)25(17-20-7-5-4-6-8-20)32(18-21-9-13-23(30)14-10-21)26(33)19-35-24-15-11-22(29)12-16-24/h4-16,25H,17-19H2,1-3H3,(H,31,34)/t25-/m1/s1. The molecule has 0 unspecified atom stereocenters. The van der Waals surface area contributed by atoms with E-state index in [2.05, 4.69) is 5.32 Å². The minimum atomic E-state index is -0.736. The van der Waals surface area contributed by atoms with Gasteiger partial charge in [0.25, 0.3) is 0 Å². The smallest absolute Gasteiger partial charge is 0.243 e. The predicted octanol–water partition coefficient (Wildman–Crippen LogP) is 6.13. The molecule has 0 aliphatic heterocycles. The maximum Gasteiger partial charge on any atom is 0.243 e. The van der Waals surface area contributed by atoms with Crippen molar-refractivity contribution in [1.82, 2.24) is 10.2 Å². The summed E-state index contributed by atoms with van der Waals surface area (Å²) in [6.45, 7) is 5.92. The first-order chi connectivity index (χ1) is 16.6. The zero-order valence-corrected chi connectivity index (χ0v) is 21.7. The van der Waals surface area contributed by atoms with E-state index in [9.17, 15) is 14.0 Å². The lowest BCUT2D eigenvalue weighted by Crippen LogP contribution is -2.54. The van der Waals surface area contributed by atoms with E-state index < -0.39 is 11.6 Å². The Bertz CT molecular complexity index is 1120. The van der Waals surface area contributed by atoms with Gasteiger partial charge in [0.05, 0.1) is 5.75 Å². The lowest BCUT2D eigenvalue weighted by molar-refractivity contribution is -0.140. The Morgan fingerprint density at radius 3 is 2.17 bits per heavy atom. The summed E-state index contributed by atoms with van der Waals surface area (Å²) in [7, 11) is 0. The summed E-state index contributed by atoms with van der Waals surface area (Å²) >= 11 is 7.36. The quantitative estimate of drug-likeness (QED) is 0.351. The molecule has 1 atom stereocenters. The fraction of sp³-hybridized carbons (Fsp3) is 0.286. The molecule has 0 bridgehead atoms. The fourth-order valence-corrected chi connectivity index (χ4v) is 4.46. The maximum atomic E-state index is 13.6. The molecular formula is C28H30ClFN2O2S. The minimum Gasteiger partial charge on any atom is -0.350 e. The van der Waals surface area contributed by atoms with Crippen LogP contribution in [0.2, 0.25) is 5.02 Å². The molecule has 4 nitrogen and oxygen atoms in total. The van der Waals surface area contributed by atoms with Crippen molar-refractivity contribution in [2.24, 2.45) is 0 Å². The molecule has 3 aromatic rings. The van der Waals surface area contributed by atoms with Gasteiger partial charge in [0.2, 0.25) is 11.8 Å². The van der Waals surface area contributed by atoms with Crippen LogP contribution < -0.4 is 5.32 Å².